The number of primary amides is 2. The maximum atomic E-state index is 13.1. The first-order valence-corrected chi connectivity index (χ1v) is 6.01. The number of benzene rings is 2. The van der Waals surface area contributed by atoms with Crippen LogP contribution in [0.5, 0.6) is 0 Å². The van der Waals surface area contributed by atoms with E-state index in [4.69, 9.17) is 11.5 Å². The van der Waals surface area contributed by atoms with E-state index in [-0.39, 0.29) is 11.1 Å². The molecule has 0 aromatic heterocycles. The fourth-order valence-electron chi connectivity index (χ4n) is 2.26. The molecule has 0 saturated heterocycles. The molecule has 0 fully saturated rings. The molecule has 0 spiro atoms. The quantitative estimate of drug-likeness (QED) is 0.829. The van der Waals surface area contributed by atoms with Crippen LogP contribution in [0.4, 0.5) is 8.78 Å². The molecule has 6 heteroatoms. The summed E-state index contributed by atoms with van der Waals surface area (Å²) in [5, 5.41) is 0. The largest absolute Gasteiger partial charge is 0.368 e. The first-order chi connectivity index (χ1) is 9.88. The highest BCUT2D eigenvalue weighted by molar-refractivity contribution is 6.13. The Labute approximate surface area is 119 Å². The van der Waals surface area contributed by atoms with Crippen LogP contribution in [0.1, 0.15) is 11.1 Å². The molecule has 2 aromatic rings. The molecule has 2 rings (SSSR count). The van der Waals surface area contributed by atoms with E-state index in [0.717, 1.165) is 24.3 Å². The summed E-state index contributed by atoms with van der Waals surface area (Å²) >= 11 is 0. The second-order valence-corrected chi connectivity index (χ2v) is 4.49. The Bertz CT molecular complexity index is 620. The van der Waals surface area contributed by atoms with Gasteiger partial charge in [0.25, 0.3) is 0 Å². The van der Waals surface area contributed by atoms with Gasteiger partial charge in [-0.25, -0.2) is 8.78 Å². The lowest BCUT2D eigenvalue weighted by molar-refractivity contribution is -0.132. The molecule has 2 amide bonds. The Morgan fingerprint density at radius 3 is 1.24 bits per heavy atom. The van der Waals surface area contributed by atoms with Crippen LogP contribution in [-0.4, -0.2) is 11.8 Å². The number of halogens is 2. The fraction of sp³-hybridized carbons (Fsp3) is 0.0667. The maximum absolute atomic E-state index is 13.1. The van der Waals surface area contributed by atoms with Gasteiger partial charge in [0.15, 0.2) is 5.41 Å². The molecule has 0 saturated carbocycles. The Morgan fingerprint density at radius 2 is 1.00 bits per heavy atom. The van der Waals surface area contributed by atoms with Crippen LogP contribution in [0.15, 0.2) is 48.5 Å². The van der Waals surface area contributed by atoms with Gasteiger partial charge in [0.2, 0.25) is 11.8 Å². The first-order valence-electron chi connectivity index (χ1n) is 6.01. The van der Waals surface area contributed by atoms with Crippen LogP contribution in [0, 0.1) is 11.6 Å². The number of nitrogens with two attached hydrogens (primary N) is 2. The highest BCUT2D eigenvalue weighted by Gasteiger charge is 2.46. The molecule has 2 aromatic carbocycles. The monoisotopic (exact) mass is 290 g/mol. The Kier molecular flexibility index (Phi) is 3.71. The summed E-state index contributed by atoms with van der Waals surface area (Å²) < 4.78 is 26.1. The van der Waals surface area contributed by atoms with E-state index in [1.54, 1.807) is 0 Å². The molecule has 0 atom stereocenters. The van der Waals surface area contributed by atoms with Gasteiger partial charge in [-0.15, -0.1) is 0 Å². The minimum Gasteiger partial charge on any atom is -0.368 e. The van der Waals surface area contributed by atoms with Crippen LogP contribution in [0.25, 0.3) is 0 Å². The van der Waals surface area contributed by atoms with Crippen LogP contribution in [0.3, 0.4) is 0 Å². The third kappa shape index (κ3) is 2.35. The summed E-state index contributed by atoms with van der Waals surface area (Å²) in [4.78, 5) is 23.9. The predicted molar refractivity (Wildman–Crippen MR) is 72.0 cm³/mol. The van der Waals surface area contributed by atoms with Gasteiger partial charge in [-0.3, -0.25) is 9.59 Å². The summed E-state index contributed by atoms with van der Waals surface area (Å²) in [6.07, 6.45) is 0. The van der Waals surface area contributed by atoms with E-state index in [1.807, 2.05) is 0 Å². The second-order valence-electron chi connectivity index (χ2n) is 4.49. The summed E-state index contributed by atoms with van der Waals surface area (Å²) in [6, 6.07) is 9.31. The zero-order chi connectivity index (χ0) is 15.6. The molecular weight excluding hydrogens is 278 g/mol. The molecule has 0 unspecified atom stereocenters. The lowest BCUT2D eigenvalue weighted by Crippen LogP contribution is -2.52. The predicted octanol–water partition coefficient (Wildman–Crippen LogP) is 1.22. The van der Waals surface area contributed by atoms with Crippen LogP contribution in [-0.2, 0) is 15.0 Å². The average molecular weight is 290 g/mol. The van der Waals surface area contributed by atoms with E-state index in [9.17, 15) is 18.4 Å². The van der Waals surface area contributed by atoms with Crippen molar-refractivity contribution in [2.24, 2.45) is 11.5 Å². The highest BCUT2D eigenvalue weighted by atomic mass is 19.1. The Morgan fingerprint density at radius 1 is 0.714 bits per heavy atom. The third-order valence-corrected chi connectivity index (χ3v) is 3.29. The molecular formula is C15H12F2N2O2. The van der Waals surface area contributed by atoms with E-state index < -0.39 is 28.9 Å². The molecule has 108 valence electrons. The van der Waals surface area contributed by atoms with E-state index in [2.05, 4.69) is 0 Å². The van der Waals surface area contributed by atoms with Gasteiger partial charge < -0.3 is 11.5 Å². The van der Waals surface area contributed by atoms with Crippen molar-refractivity contribution in [1.82, 2.24) is 0 Å². The molecule has 0 aliphatic rings. The third-order valence-electron chi connectivity index (χ3n) is 3.29. The van der Waals surface area contributed by atoms with Gasteiger partial charge in [0.05, 0.1) is 0 Å². The standard InChI is InChI=1S/C15H12F2N2O2/c16-11-5-1-9(2-6-11)15(13(18)20,14(19)21)10-3-7-12(17)8-4-10/h1-8H,(H2,18,20)(H2,19,21). The van der Waals surface area contributed by atoms with Crippen molar-refractivity contribution in [2.45, 2.75) is 5.41 Å². The number of carbonyl (C=O) groups excluding carboxylic acids is 2. The van der Waals surface area contributed by atoms with Crippen LogP contribution >= 0.6 is 0 Å². The van der Waals surface area contributed by atoms with Crippen LogP contribution < -0.4 is 11.5 Å². The Hall–Kier alpha value is -2.76. The maximum Gasteiger partial charge on any atom is 0.242 e. The summed E-state index contributed by atoms with van der Waals surface area (Å²) in [7, 11) is 0. The normalized spacial score (nSPS) is 11.1. The fourth-order valence-corrected chi connectivity index (χ4v) is 2.26. The van der Waals surface area contributed by atoms with Gasteiger partial charge in [0.1, 0.15) is 11.6 Å². The summed E-state index contributed by atoms with van der Waals surface area (Å²) in [6.45, 7) is 0. The van der Waals surface area contributed by atoms with Gasteiger partial charge >= 0.3 is 0 Å². The molecule has 0 bridgehead atoms. The van der Waals surface area contributed by atoms with Gasteiger partial charge in [-0.05, 0) is 35.4 Å². The lowest BCUT2D eigenvalue weighted by atomic mass is 9.73. The minimum absolute atomic E-state index is 0.121. The first kappa shape index (κ1) is 14.6. The molecule has 4 nitrogen and oxygen atoms in total. The van der Waals surface area contributed by atoms with Crippen molar-refractivity contribution < 1.29 is 18.4 Å². The van der Waals surface area contributed by atoms with Crippen molar-refractivity contribution in [3.8, 4) is 0 Å². The smallest absolute Gasteiger partial charge is 0.242 e. The molecule has 4 N–H and O–H groups in total. The SMILES string of the molecule is NC(=O)C(C(N)=O)(c1ccc(F)cc1)c1ccc(F)cc1. The lowest BCUT2D eigenvalue weighted by Gasteiger charge is -2.28. The molecule has 0 aliphatic heterocycles. The average Bonchev–Trinajstić information content (AvgIpc) is 2.43. The van der Waals surface area contributed by atoms with Crippen LogP contribution in [0.2, 0.25) is 0 Å². The zero-order valence-corrected chi connectivity index (χ0v) is 10.8. The van der Waals surface area contributed by atoms with Gasteiger partial charge in [0, 0.05) is 0 Å². The van der Waals surface area contributed by atoms with Crippen molar-refractivity contribution in [3.05, 3.63) is 71.3 Å². The van der Waals surface area contributed by atoms with Crippen molar-refractivity contribution >= 4 is 11.8 Å². The number of amides is 2. The minimum atomic E-state index is -1.98. The topological polar surface area (TPSA) is 86.2 Å². The van der Waals surface area contributed by atoms with E-state index in [0.29, 0.717) is 0 Å². The molecule has 21 heavy (non-hydrogen) atoms. The molecule has 0 aliphatic carbocycles. The van der Waals surface area contributed by atoms with E-state index in [1.165, 1.54) is 24.3 Å². The number of hydrogen-bond acceptors (Lipinski definition) is 2. The van der Waals surface area contributed by atoms with Crippen molar-refractivity contribution in [3.63, 3.8) is 0 Å². The summed E-state index contributed by atoms with van der Waals surface area (Å²) in [5.74, 6) is -3.12. The number of hydrogen-bond donors (Lipinski definition) is 2. The van der Waals surface area contributed by atoms with Gasteiger partial charge in [-0.2, -0.15) is 0 Å². The number of rotatable bonds is 4. The van der Waals surface area contributed by atoms with Crippen molar-refractivity contribution in [2.75, 3.05) is 0 Å². The highest BCUT2D eigenvalue weighted by Crippen LogP contribution is 2.32. The molecule has 0 heterocycles. The second kappa shape index (κ2) is 5.32. The van der Waals surface area contributed by atoms with Crippen molar-refractivity contribution in [1.29, 1.82) is 0 Å². The molecule has 0 radical (unpaired) electrons. The van der Waals surface area contributed by atoms with Gasteiger partial charge in [-0.1, -0.05) is 24.3 Å². The van der Waals surface area contributed by atoms with E-state index >= 15 is 0 Å². The zero-order valence-electron chi connectivity index (χ0n) is 10.8. The number of carbonyl (C=O) groups is 2. The Balaban J connectivity index is 2.75. The summed E-state index contributed by atoms with van der Waals surface area (Å²) in [5.41, 5.74) is 9.03.